The number of aromatic nitrogens is 3. The van der Waals surface area contributed by atoms with Crippen molar-refractivity contribution < 1.29 is 14.3 Å². The first-order chi connectivity index (χ1) is 11.2. The molecule has 0 radical (unpaired) electrons. The lowest BCUT2D eigenvalue weighted by molar-refractivity contribution is -0.134. The third-order valence-corrected chi connectivity index (χ3v) is 5.66. The fourth-order valence-corrected chi connectivity index (χ4v) is 4.12. The zero-order chi connectivity index (χ0) is 16.2. The van der Waals surface area contributed by atoms with Crippen LogP contribution in [0, 0.1) is 0 Å². The largest absolute Gasteiger partial charge is 0.466 e. The third kappa shape index (κ3) is 4.08. The molecule has 0 spiro atoms. The van der Waals surface area contributed by atoms with E-state index < -0.39 is 5.97 Å². The van der Waals surface area contributed by atoms with Gasteiger partial charge in [-0.2, -0.15) is 0 Å². The van der Waals surface area contributed by atoms with Gasteiger partial charge in [-0.3, -0.25) is 4.79 Å². The van der Waals surface area contributed by atoms with Crippen molar-refractivity contribution in [2.75, 3.05) is 25.2 Å². The first-order valence-corrected chi connectivity index (χ1v) is 9.41. The summed E-state index contributed by atoms with van der Waals surface area (Å²) < 4.78 is 6.75. The Kier molecular flexibility index (Phi) is 5.27. The molecule has 2 aliphatic rings. The minimum absolute atomic E-state index is 0.0382. The summed E-state index contributed by atoms with van der Waals surface area (Å²) in [6, 6.07) is 0.568. The summed E-state index contributed by atoms with van der Waals surface area (Å²) in [6.07, 6.45) is 6.40. The van der Waals surface area contributed by atoms with Crippen LogP contribution >= 0.6 is 23.5 Å². The van der Waals surface area contributed by atoms with Crippen molar-refractivity contribution in [2.24, 2.45) is 0 Å². The van der Waals surface area contributed by atoms with Crippen molar-refractivity contribution in [3.8, 4) is 0 Å². The highest BCUT2D eigenvalue weighted by atomic mass is 32.2. The molecule has 1 aromatic rings. The van der Waals surface area contributed by atoms with Crippen molar-refractivity contribution in [1.29, 1.82) is 0 Å². The van der Waals surface area contributed by atoms with Crippen LogP contribution in [0.25, 0.3) is 0 Å². The van der Waals surface area contributed by atoms with Crippen LogP contribution < -0.4 is 0 Å². The van der Waals surface area contributed by atoms with E-state index in [-0.39, 0.29) is 5.91 Å². The van der Waals surface area contributed by atoms with Gasteiger partial charge < -0.3 is 14.2 Å². The van der Waals surface area contributed by atoms with Crippen LogP contribution in [0.5, 0.6) is 0 Å². The van der Waals surface area contributed by atoms with E-state index in [1.807, 2.05) is 0 Å². The van der Waals surface area contributed by atoms with E-state index >= 15 is 0 Å². The zero-order valence-electron chi connectivity index (χ0n) is 12.8. The first kappa shape index (κ1) is 16.4. The van der Waals surface area contributed by atoms with Gasteiger partial charge in [0, 0.05) is 18.3 Å². The van der Waals surface area contributed by atoms with Crippen molar-refractivity contribution >= 4 is 35.4 Å². The van der Waals surface area contributed by atoms with Gasteiger partial charge in [0.05, 0.1) is 24.0 Å². The van der Waals surface area contributed by atoms with E-state index in [0.29, 0.717) is 23.4 Å². The molecule has 0 aromatic carbocycles. The highest BCUT2D eigenvalue weighted by molar-refractivity contribution is 8.04. The van der Waals surface area contributed by atoms with Crippen LogP contribution in [0.15, 0.2) is 22.6 Å². The quantitative estimate of drug-likeness (QED) is 0.319. The molecule has 9 heteroatoms. The Morgan fingerprint density at radius 2 is 2.39 bits per heavy atom. The Morgan fingerprint density at radius 3 is 3.13 bits per heavy atom. The summed E-state index contributed by atoms with van der Waals surface area (Å²) in [4.78, 5) is 24.9. The van der Waals surface area contributed by atoms with Gasteiger partial charge in [0.2, 0.25) is 5.91 Å². The van der Waals surface area contributed by atoms with Gasteiger partial charge in [-0.15, -0.1) is 10.2 Å². The van der Waals surface area contributed by atoms with Crippen LogP contribution in [0.4, 0.5) is 0 Å². The summed E-state index contributed by atoms with van der Waals surface area (Å²) in [6.45, 7) is 0.596. The lowest BCUT2D eigenvalue weighted by atomic mass is 10.4. The monoisotopic (exact) mass is 354 g/mol. The number of hydrogen-bond donors (Lipinski definition) is 0. The second-order valence-corrected chi connectivity index (χ2v) is 7.35. The zero-order valence-corrected chi connectivity index (χ0v) is 14.4. The van der Waals surface area contributed by atoms with Crippen LogP contribution in [0.1, 0.15) is 25.3 Å². The molecule has 1 saturated heterocycles. The average Bonchev–Trinajstić information content (AvgIpc) is 3.20. The summed E-state index contributed by atoms with van der Waals surface area (Å²) in [5.74, 6) is 0.840. The van der Waals surface area contributed by atoms with Gasteiger partial charge in [0.25, 0.3) is 0 Å². The highest BCUT2D eigenvalue weighted by Gasteiger charge is 2.28. The smallest absolute Gasteiger partial charge is 0.333 e. The predicted molar refractivity (Wildman–Crippen MR) is 87.9 cm³/mol. The lowest BCUT2D eigenvalue weighted by Gasteiger charge is -2.16. The maximum Gasteiger partial charge on any atom is 0.333 e. The standard InChI is InChI=1S/C14H18N4O3S2/c1-21-13(20)7-12-17(11(19)8-23-12)5-2-6-22-14-16-15-9-18(14)10-3-4-10/h7,9-10H,2-6,8H2,1H3/b12-7+. The summed E-state index contributed by atoms with van der Waals surface area (Å²) in [7, 11) is 1.33. The SMILES string of the molecule is COC(=O)/C=C1/SCC(=O)N1CCCSc1nncn1C1CC1. The van der Waals surface area contributed by atoms with Gasteiger partial charge >= 0.3 is 5.97 Å². The van der Waals surface area contributed by atoms with Crippen LogP contribution in [-0.2, 0) is 14.3 Å². The lowest BCUT2D eigenvalue weighted by Crippen LogP contribution is -2.26. The van der Waals surface area contributed by atoms with Crippen molar-refractivity contribution in [2.45, 2.75) is 30.5 Å². The minimum atomic E-state index is -0.431. The van der Waals surface area contributed by atoms with E-state index in [9.17, 15) is 9.59 Å². The van der Waals surface area contributed by atoms with Gasteiger partial charge in [-0.1, -0.05) is 23.5 Å². The van der Waals surface area contributed by atoms with Crippen LogP contribution in [0.3, 0.4) is 0 Å². The summed E-state index contributed by atoms with van der Waals surface area (Å²) in [5.41, 5.74) is 0. The molecule has 0 N–H and O–H groups in total. The van der Waals surface area contributed by atoms with Crippen molar-refractivity contribution in [3.63, 3.8) is 0 Å². The third-order valence-electron chi connectivity index (χ3n) is 3.59. The molecule has 124 valence electrons. The second-order valence-electron chi connectivity index (χ2n) is 5.29. The molecule has 0 atom stereocenters. The van der Waals surface area contributed by atoms with E-state index in [4.69, 9.17) is 0 Å². The number of methoxy groups -OCH3 is 1. The normalized spacial score (nSPS) is 19.6. The maximum absolute atomic E-state index is 11.9. The fourth-order valence-electron chi connectivity index (χ4n) is 2.25. The van der Waals surface area contributed by atoms with E-state index in [1.54, 1.807) is 23.0 Å². The Hall–Kier alpha value is -1.48. The van der Waals surface area contributed by atoms with E-state index in [2.05, 4.69) is 19.5 Å². The number of hydrogen-bond acceptors (Lipinski definition) is 7. The molecule has 1 amide bonds. The molecule has 1 saturated carbocycles. The highest BCUT2D eigenvalue weighted by Crippen LogP contribution is 2.37. The summed E-state index contributed by atoms with van der Waals surface area (Å²) in [5, 5.41) is 9.73. The van der Waals surface area contributed by atoms with Crippen molar-refractivity contribution in [3.05, 3.63) is 17.4 Å². The van der Waals surface area contributed by atoms with E-state index in [1.165, 1.54) is 37.8 Å². The number of thioether (sulfide) groups is 2. The number of carbonyl (C=O) groups is 2. The molecule has 2 fully saturated rings. The molecule has 1 aliphatic carbocycles. The number of ether oxygens (including phenoxy) is 1. The topological polar surface area (TPSA) is 77.3 Å². The predicted octanol–water partition coefficient (Wildman–Crippen LogP) is 1.68. The molecule has 3 rings (SSSR count). The number of carbonyl (C=O) groups excluding carboxylic acids is 2. The van der Waals surface area contributed by atoms with Crippen LogP contribution in [-0.4, -0.2) is 56.7 Å². The number of amides is 1. The molecule has 7 nitrogen and oxygen atoms in total. The Balaban J connectivity index is 1.49. The summed E-state index contributed by atoms with van der Waals surface area (Å²) >= 11 is 3.04. The number of nitrogens with zero attached hydrogens (tertiary/aromatic N) is 4. The van der Waals surface area contributed by atoms with Crippen molar-refractivity contribution in [1.82, 2.24) is 19.7 Å². The molecular formula is C14H18N4O3S2. The molecule has 0 unspecified atom stereocenters. The van der Waals surface area contributed by atoms with Gasteiger partial charge in [0.1, 0.15) is 6.33 Å². The van der Waals surface area contributed by atoms with E-state index in [0.717, 1.165) is 17.3 Å². The second kappa shape index (κ2) is 7.39. The number of rotatable bonds is 7. The average molecular weight is 354 g/mol. The first-order valence-electron chi connectivity index (χ1n) is 7.44. The Bertz CT molecular complexity index is 627. The molecule has 1 aromatic heterocycles. The Labute approximate surface area is 142 Å². The molecule has 2 heterocycles. The molecule has 1 aliphatic heterocycles. The molecule has 0 bridgehead atoms. The molecular weight excluding hydrogens is 336 g/mol. The Morgan fingerprint density at radius 1 is 1.57 bits per heavy atom. The number of esters is 1. The molecule has 23 heavy (non-hydrogen) atoms. The fraction of sp³-hybridized carbons (Fsp3) is 0.571. The van der Waals surface area contributed by atoms with Gasteiger partial charge in [-0.25, -0.2) is 4.79 Å². The van der Waals surface area contributed by atoms with Crippen LogP contribution in [0.2, 0.25) is 0 Å². The van der Waals surface area contributed by atoms with Gasteiger partial charge in [0.15, 0.2) is 5.16 Å². The van der Waals surface area contributed by atoms with Gasteiger partial charge in [-0.05, 0) is 19.3 Å². The maximum atomic E-state index is 11.9. The minimum Gasteiger partial charge on any atom is -0.466 e.